The first kappa shape index (κ1) is 22.3. The first-order chi connectivity index (χ1) is 17.0. The van der Waals surface area contributed by atoms with E-state index in [1.807, 2.05) is 24.3 Å². The Morgan fingerprint density at radius 1 is 0.886 bits per heavy atom. The van der Waals surface area contributed by atoms with Gasteiger partial charge in [-0.2, -0.15) is 0 Å². The highest BCUT2D eigenvalue weighted by molar-refractivity contribution is 5.97. The maximum atomic E-state index is 13.5. The monoisotopic (exact) mass is 473 g/mol. The van der Waals surface area contributed by atoms with E-state index in [1.165, 1.54) is 21.3 Å². The molecule has 1 aromatic heterocycles. The molecule has 0 bridgehead atoms. The van der Waals surface area contributed by atoms with Crippen molar-refractivity contribution in [3.8, 4) is 23.0 Å². The molecule has 4 aromatic rings. The molecule has 0 saturated heterocycles. The van der Waals surface area contributed by atoms with Crippen LogP contribution in [0.5, 0.6) is 23.0 Å². The van der Waals surface area contributed by atoms with Gasteiger partial charge in [-0.05, 0) is 42.0 Å². The molecular formula is C27H23NO7. The Labute approximate surface area is 201 Å². The fourth-order valence-electron chi connectivity index (χ4n) is 4.44. The molecule has 0 aliphatic carbocycles. The van der Waals surface area contributed by atoms with E-state index in [9.17, 15) is 9.59 Å². The van der Waals surface area contributed by atoms with E-state index in [-0.39, 0.29) is 5.56 Å². The van der Waals surface area contributed by atoms with Crippen LogP contribution in [0.1, 0.15) is 17.0 Å². The molecule has 1 amide bonds. The molecule has 8 heteroatoms. The molecule has 178 valence electrons. The summed E-state index contributed by atoms with van der Waals surface area (Å²) in [4.78, 5) is 26.7. The van der Waals surface area contributed by atoms with Gasteiger partial charge in [0.25, 0.3) is 5.91 Å². The number of amides is 1. The summed E-state index contributed by atoms with van der Waals surface area (Å²) >= 11 is 0. The normalized spacial score (nSPS) is 16.3. The Hall–Kier alpha value is -4.46. The van der Waals surface area contributed by atoms with Crippen LogP contribution in [-0.2, 0) is 4.79 Å². The minimum Gasteiger partial charge on any atom is -0.493 e. The topological polar surface area (TPSA) is 96.2 Å². The number of ether oxygens (including phenoxy) is 4. The number of nitrogens with one attached hydrogen (secondary N) is 1. The summed E-state index contributed by atoms with van der Waals surface area (Å²) in [5.41, 5.74) is 1.24. The van der Waals surface area contributed by atoms with E-state index in [2.05, 4.69) is 5.32 Å². The summed E-state index contributed by atoms with van der Waals surface area (Å²) in [7, 11) is 4.51. The third kappa shape index (κ3) is 3.82. The SMILES string of the molecule is COc1cc([C@H]2c3c(c4ccccc4oc3=O)O[C@@H]2C(=O)Nc2ccccc2)cc(OC)c1OC. The molecule has 0 fully saturated rings. The van der Waals surface area contributed by atoms with E-state index in [0.717, 1.165) is 0 Å². The van der Waals surface area contributed by atoms with Crippen LogP contribution in [0.15, 0.2) is 75.9 Å². The molecule has 0 unspecified atom stereocenters. The fraction of sp³-hybridized carbons (Fsp3) is 0.185. The second-order valence-electron chi connectivity index (χ2n) is 7.96. The maximum Gasteiger partial charge on any atom is 0.344 e. The summed E-state index contributed by atoms with van der Waals surface area (Å²) < 4.78 is 28.3. The highest BCUT2D eigenvalue weighted by Gasteiger charge is 2.45. The molecule has 0 radical (unpaired) electrons. The molecule has 1 aliphatic heterocycles. The van der Waals surface area contributed by atoms with Gasteiger partial charge in [-0.15, -0.1) is 0 Å². The average molecular weight is 473 g/mol. The van der Waals surface area contributed by atoms with E-state index in [1.54, 1.807) is 42.5 Å². The number of rotatable bonds is 6. The van der Waals surface area contributed by atoms with Gasteiger partial charge < -0.3 is 28.7 Å². The van der Waals surface area contributed by atoms with Crippen LogP contribution in [-0.4, -0.2) is 33.3 Å². The van der Waals surface area contributed by atoms with E-state index in [0.29, 0.717) is 45.2 Å². The van der Waals surface area contributed by atoms with Gasteiger partial charge in [0.2, 0.25) is 5.75 Å². The van der Waals surface area contributed by atoms with Crippen molar-refractivity contribution < 1.29 is 28.2 Å². The van der Waals surface area contributed by atoms with Crippen molar-refractivity contribution in [3.05, 3.63) is 88.3 Å². The lowest BCUT2D eigenvalue weighted by atomic mass is 9.87. The molecule has 1 aliphatic rings. The van der Waals surface area contributed by atoms with Crippen LogP contribution >= 0.6 is 0 Å². The van der Waals surface area contributed by atoms with Crippen LogP contribution in [0.4, 0.5) is 5.69 Å². The molecule has 35 heavy (non-hydrogen) atoms. The van der Waals surface area contributed by atoms with Crippen molar-refractivity contribution in [1.29, 1.82) is 0 Å². The van der Waals surface area contributed by atoms with Crippen LogP contribution in [0.3, 0.4) is 0 Å². The molecule has 3 aromatic carbocycles. The number of fused-ring (bicyclic) bond motifs is 3. The van der Waals surface area contributed by atoms with Crippen molar-refractivity contribution >= 4 is 22.6 Å². The van der Waals surface area contributed by atoms with Crippen molar-refractivity contribution in [3.63, 3.8) is 0 Å². The summed E-state index contributed by atoms with van der Waals surface area (Å²) in [5, 5.41) is 3.49. The minimum atomic E-state index is -1.05. The second kappa shape index (κ2) is 9.06. The van der Waals surface area contributed by atoms with Crippen molar-refractivity contribution in [2.75, 3.05) is 26.6 Å². The zero-order chi connectivity index (χ0) is 24.5. The predicted molar refractivity (Wildman–Crippen MR) is 130 cm³/mol. The Balaban J connectivity index is 1.70. The van der Waals surface area contributed by atoms with Gasteiger partial charge in [0, 0.05) is 5.69 Å². The fourth-order valence-corrected chi connectivity index (χ4v) is 4.44. The third-order valence-corrected chi connectivity index (χ3v) is 6.00. The number of hydrogen-bond acceptors (Lipinski definition) is 7. The van der Waals surface area contributed by atoms with Gasteiger partial charge in [0.05, 0.1) is 38.2 Å². The minimum absolute atomic E-state index is 0.256. The Morgan fingerprint density at radius 3 is 2.20 bits per heavy atom. The molecule has 8 nitrogen and oxygen atoms in total. The summed E-state index contributed by atoms with van der Waals surface area (Å²) in [5.74, 6) is 0.306. The first-order valence-corrected chi connectivity index (χ1v) is 10.9. The molecule has 0 saturated carbocycles. The van der Waals surface area contributed by atoms with Crippen LogP contribution in [0, 0.1) is 0 Å². The molecule has 5 rings (SSSR count). The number of carbonyl (C=O) groups is 1. The van der Waals surface area contributed by atoms with E-state index >= 15 is 0 Å². The number of para-hydroxylation sites is 2. The average Bonchev–Trinajstić information content (AvgIpc) is 3.30. The van der Waals surface area contributed by atoms with Gasteiger partial charge in [0.15, 0.2) is 17.6 Å². The zero-order valence-electron chi connectivity index (χ0n) is 19.4. The lowest BCUT2D eigenvalue weighted by molar-refractivity contribution is -0.122. The van der Waals surface area contributed by atoms with Crippen LogP contribution in [0.2, 0.25) is 0 Å². The summed E-state index contributed by atoms with van der Waals surface area (Å²) in [6, 6.07) is 19.5. The Bertz CT molecular complexity index is 1440. The van der Waals surface area contributed by atoms with Crippen LogP contribution in [0.25, 0.3) is 11.0 Å². The lowest BCUT2D eigenvalue weighted by Crippen LogP contribution is -2.35. The van der Waals surface area contributed by atoms with Crippen LogP contribution < -0.4 is 29.9 Å². The Kier molecular flexibility index (Phi) is 5.78. The number of hydrogen-bond donors (Lipinski definition) is 1. The quantitative estimate of drug-likeness (QED) is 0.416. The van der Waals surface area contributed by atoms with Gasteiger partial charge in [-0.25, -0.2) is 4.79 Å². The van der Waals surface area contributed by atoms with E-state index < -0.39 is 23.6 Å². The molecule has 2 atom stereocenters. The highest BCUT2D eigenvalue weighted by atomic mass is 16.5. The smallest absolute Gasteiger partial charge is 0.344 e. The first-order valence-electron chi connectivity index (χ1n) is 10.9. The molecule has 2 heterocycles. The number of carbonyl (C=O) groups excluding carboxylic acids is 1. The second-order valence-corrected chi connectivity index (χ2v) is 7.96. The van der Waals surface area contributed by atoms with Gasteiger partial charge in [-0.3, -0.25) is 4.79 Å². The number of methoxy groups -OCH3 is 3. The van der Waals surface area contributed by atoms with Crippen molar-refractivity contribution in [2.24, 2.45) is 0 Å². The molecular weight excluding hydrogens is 450 g/mol. The predicted octanol–water partition coefficient (Wildman–Crippen LogP) is 4.35. The third-order valence-electron chi connectivity index (χ3n) is 6.00. The van der Waals surface area contributed by atoms with Gasteiger partial charge >= 0.3 is 5.63 Å². The zero-order valence-corrected chi connectivity index (χ0v) is 19.4. The number of benzene rings is 3. The van der Waals surface area contributed by atoms with Gasteiger partial charge in [-0.1, -0.05) is 30.3 Å². The highest BCUT2D eigenvalue weighted by Crippen LogP contribution is 2.48. The van der Waals surface area contributed by atoms with Crippen molar-refractivity contribution in [2.45, 2.75) is 12.0 Å². The Morgan fingerprint density at radius 2 is 1.54 bits per heavy atom. The standard InChI is InChI=1S/C27H23NO7/c1-31-19-13-15(14-20(32-2)24(19)33-3)21-22-23(17-11-7-8-12-18(17)34-27(22)30)35-25(21)26(29)28-16-9-5-4-6-10-16/h4-14,21,25H,1-3H3,(H,28,29)/t21-,25-/m0/s1. The molecule has 1 N–H and O–H groups in total. The van der Waals surface area contributed by atoms with Gasteiger partial charge in [0.1, 0.15) is 11.3 Å². The molecule has 0 spiro atoms. The van der Waals surface area contributed by atoms with Crippen molar-refractivity contribution in [1.82, 2.24) is 0 Å². The maximum absolute atomic E-state index is 13.5. The summed E-state index contributed by atoms with van der Waals surface area (Å²) in [6.45, 7) is 0. The number of anilines is 1. The summed E-state index contributed by atoms with van der Waals surface area (Å²) in [6.07, 6.45) is -1.05. The van der Waals surface area contributed by atoms with E-state index in [4.69, 9.17) is 23.4 Å². The largest absolute Gasteiger partial charge is 0.493 e. The lowest BCUT2D eigenvalue weighted by Gasteiger charge is -2.21.